The molecular weight excluding hydrogens is 264 g/mol. The molecule has 0 amide bonds. The fourth-order valence-electron chi connectivity index (χ4n) is 2.89. The standard InChI is InChI=1S/C17H28N2O2/c1-15-14-18(10-11-19(15)12-13-20-2)9-8-16-4-6-17(21-3)7-5-16/h4-7,15H,8-14H2,1-3H3. The number of methoxy groups -OCH3 is 2. The molecule has 0 N–H and O–H groups in total. The molecule has 118 valence electrons. The minimum Gasteiger partial charge on any atom is -0.497 e. The first-order chi connectivity index (χ1) is 10.2. The second kappa shape index (κ2) is 8.37. The van der Waals surface area contributed by atoms with Crippen LogP contribution >= 0.6 is 0 Å². The summed E-state index contributed by atoms with van der Waals surface area (Å²) in [5.41, 5.74) is 1.38. The van der Waals surface area contributed by atoms with Crippen LogP contribution in [0, 0.1) is 0 Å². The van der Waals surface area contributed by atoms with Gasteiger partial charge in [-0.3, -0.25) is 4.90 Å². The lowest BCUT2D eigenvalue weighted by molar-refractivity contribution is 0.0596. The van der Waals surface area contributed by atoms with Crippen LogP contribution in [-0.2, 0) is 11.2 Å². The van der Waals surface area contributed by atoms with E-state index in [-0.39, 0.29) is 0 Å². The molecule has 1 unspecified atom stereocenters. The van der Waals surface area contributed by atoms with Crippen LogP contribution in [-0.4, -0.2) is 69.4 Å². The molecule has 0 aromatic heterocycles. The zero-order chi connectivity index (χ0) is 15.1. The third-order valence-electron chi connectivity index (χ3n) is 4.31. The molecular formula is C17H28N2O2. The van der Waals surface area contributed by atoms with Crippen LogP contribution in [0.25, 0.3) is 0 Å². The molecule has 0 saturated carbocycles. The van der Waals surface area contributed by atoms with Crippen molar-refractivity contribution in [2.45, 2.75) is 19.4 Å². The van der Waals surface area contributed by atoms with Crippen LogP contribution < -0.4 is 4.74 Å². The maximum absolute atomic E-state index is 5.20. The normalized spacial score (nSPS) is 20.6. The van der Waals surface area contributed by atoms with Gasteiger partial charge in [-0.05, 0) is 31.0 Å². The Labute approximate surface area is 128 Å². The average Bonchev–Trinajstić information content (AvgIpc) is 2.52. The van der Waals surface area contributed by atoms with Crippen LogP contribution in [0.15, 0.2) is 24.3 Å². The van der Waals surface area contributed by atoms with Crippen molar-refractivity contribution in [2.75, 3.05) is 53.6 Å². The van der Waals surface area contributed by atoms with E-state index in [2.05, 4.69) is 28.9 Å². The van der Waals surface area contributed by atoms with E-state index >= 15 is 0 Å². The van der Waals surface area contributed by atoms with Gasteiger partial charge in [-0.25, -0.2) is 0 Å². The molecule has 0 bridgehead atoms. The number of hydrogen-bond donors (Lipinski definition) is 0. The second-order valence-corrected chi connectivity index (χ2v) is 5.78. The van der Waals surface area contributed by atoms with E-state index in [4.69, 9.17) is 9.47 Å². The number of nitrogens with zero attached hydrogens (tertiary/aromatic N) is 2. The third kappa shape index (κ3) is 4.99. The predicted molar refractivity (Wildman–Crippen MR) is 86.0 cm³/mol. The molecule has 1 aliphatic heterocycles. The summed E-state index contributed by atoms with van der Waals surface area (Å²) in [4.78, 5) is 5.09. The van der Waals surface area contributed by atoms with Crippen molar-refractivity contribution in [1.82, 2.24) is 9.80 Å². The summed E-state index contributed by atoms with van der Waals surface area (Å²) >= 11 is 0. The highest BCUT2D eigenvalue weighted by Gasteiger charge is 2.22. The Hall–Kier alpha value is -1.10. The number of benzene rings is 1. The minimum absolute atomic E-state index is 0.616. The summed E-state index contributed by atoms with van der Waals surface area (Å²) in [5, 5.41) is 0. The summed E-state index contributed by atoms with van der Waals surface area (Å²) in [5.74, 6) is 0.930. The third-order valence-corrected chi connectivity index (χ3v) is 4.31. The molecule has 0 radical (unpaired) electrons. The van der Waals surface area contributed by atoms with E-state index in [0.717, 1.165) is 51.5 Å². The van der Waals surface area contributed by atoms with Crippen molar-refractivity contribution in [2.24, 2.45) is 0 Å². The predicted octanol–water partition coefficient (Wildman–Crippen LogP) is 1.89. The van der Waals surface area contributed by atoms with Gasteiger partial charge in [-0.1, -0.05) is 12.1 Å². The molecule has 2 rings (SSSR count). The highest BCUT2D eigenvalue weighted by Crippen LogP contribution is 2.13. The van der Waals surface area contributed by atoms with Crippen molar-refractivity contribution in [3.05, 3.63) is 29.8 Å². The van der Waals surface area contributed by atoms with E-state index < -0.39 is 0 Å². The summed E-state index contributed by atoms with van der Waals surface area (Å²) < 4.78 is 10.4. The van der Waals surface area contributed by atoms with Crippen LogP contribution in [0.4, 0.5) is 0 Å². The maximum Gasteiger partial charge on any atom is 0.118 e. The first-order valence-corrected chi connectivity index (χ1v) is 7.81. The molecule has 1 aromatic rings. The summed E-state index contributed by atoms with van der Waals surface area (Å²) in [6, 6.07) is 9.03. The minimum atomic E-state index is 0.616. The summed E-state index contributed by atoms with van der Waals surface area (Å²) in [6.45, 7) is 8.78. The molecule has 1 aromatic carbocycles. The lowest BCUT2D eigenvalue weighted by Crippen LogP contribution is -2.52. The van der Waals surface area contributed by atoms with Crippen LogP contribution in [0.3, 0.4) is 0 Å². The highest BCUT2D eigenvalue weighted by molar-refractivity contribution is 5.27. The molecule has 4 nitrogen and oxygen atoms in total. The van der Waals surface area contributed by atoms with E-state index in [1.54, 1.807) is 14.2 Å². The smallest absolute Gasteiger partial charge is 0.118 e. The van der Waals surface area contributed by atoms with Gasteiger partial charge in [0.05, 0.1) is 13.7 Å². The quantitative estimate of drug-likeness (QED) is 0.766. The first kappa shape index (κ1) is 16.3. The number of piperazine rings is 1. The van der Waals surface area contributed by atoms with Crippen molar-refractivity contribution in [1.29, 1.82) is 0 Å². The lowest BCUT2D eigenvalue weighted by atomic mass is 10.1. The molecule has 1 atom stereocenters. The van der Waals surface area contributed by atoms with Gasteiger partial charge in [0.2, 0.25) is 0 Å². The van der Waals surface area contributed by atoms with Crippen LogP contribution in [0.1, 0.15) is 12.5 Å². The Balaban J connectivity index is 1.74. The Kier molecular flexibility index (Phi) is 6.49. The van der Waals surface area contributed by atoms with E-state index in [1.165, 1.54) is 5.56 Å². The number of ether oxygens (including phenoxy) is 2. The topological polar surface area (TPSA) is 24.9 Å². The second-order valence-electron chi connectivity index (χ2n) is 5.78. The van der Waals surface area contributed by atoms with Gasteiger partial charge in [-0.2, -0.15) is 0 Å². The molecule has 4 heteroatoms. The van der Waals surface area contributed by atoms with Gasteiger partial charge in [0.15, 0.2) is 0 Å². The first-order valence-electron chi connectivity index (χ1n) is 7.81. The van der Waals surface area contributed by atoms with Gasteiger partial charge in [0, 0.05) is 45.9 Å². The fraction of sp³-hybridized carbons (Fsp3) is 0.647. The molecule has 1 heterocycles. The van der Waals surface area contributed by atoms with E-state index in [1.807, 2.05) is 12.1 Å². The van der Waals surface area contributed by atoms with E-state index in [9.17, 15) is 0 Å². The van der Waals surface area contributed by atoms with Crippen molar-refractivity contribution < 1.29 is 9.47 Å². The summed E-state index contributed by atoms with van der Waals surface area (Å²) in [7, 11) is 3.48. The number of hydrogen-bond acceptors (Lipinski definition) is 4. The SMILES string of the molecule is COCCN1CCN(CCc2ccc(OC)cc2)CC1C. The van der Waals surface area contributed by atoms with Gasteiger partial charge in [0.1, 0.15) is 5.75 Å². The van der Waals surface area contributed by atoms with Gasteiger partial charge >= 0.3 is 0 Å². The summed E-state index contributed by atoms with van der Waals surface area (Å²) in [6.07, 6.45) is 1.11. The zero-order valence-corrected chi connectivity index (χ0v) is 13.5. The molecule has 1 aliphatic rings. The van der Waals surface area contributed by atoms with Crippen molar-refractivity contribution in [3.8, 4) is 5.75 Å². The molecule has 1 saturated heterocycles. The lowest BCUT2D eigenvalue weighted by Gasteiger charge is -2.39. The van der Waals surface area contributed by atoms with Gasteiger partial charge in [0.25, 0.3) is 0 Å². The Morgan fingerprint density at radius 1 is 1.10 bits per heavy atom. The van der Waals surface area contributed by atoms with Crippen LogP contribution in [0.2, 0.25) is 0 Å². The van der Waals surface area contributed by atoms with Crippen LogP contribution in [0.5, 0.6) is 5.75 Å². The maximum atomic E-state index is 5.20. The van der Waals surface area contributed by atoms with Gasteiger partial charge in [-0.15, -0.1) is 0 Å². The Bertz CT molecular complexity index is 408. The van der Waals surface area contributed by atoms with Crippen molar-refractivity contribution in [3.63, 3.8) is 0 Å². The zero-order valence-electron chi connectivity index (χ0n) is 13.5. The highest BCUT2D eigenvalue weighted by atomic mass is 16.5. The fourth-order valence-corrected chi connectivity index (χ4v) is 2.89. The monoisotopic (exact) mass is 292 g/mol. The molecule has 0 aliphatic carbocycles. The number of rotatable bonds is 7. The molecule has 21 heavy (non-hydrogen) atoms. The van der Waals surface area contributed by atoms with E-state index in [0.29, 0.717) is 6.04 Å². The van der Waals surface area contributed by atoms with Gasteiger partial charge < -0.3 is 14.4 Å². The molecule has 1 fully saturated rings. The Morgan fingerprint density at radius 3 is 2.48 bits per heavy atom. The van der Waals surface area contributed by atoms with Crippen molar-refractivity contribution >= 4 is 0 Å². The molecule has 0 spiro atoms. The largest absolute Gasteiger partial charge is 0.497 e. The average molecular weight is 292 g/mol. The Morgan fingerprint density at radius 2 is 1.86 bits per heavy atom.